The van der Waals surface area contributed by atoms with Crippen LogP contribution in [0, 0.1) is 23.2 Å². The number of anilines is 1. The third-order valence-electron chi connectivity index (χ3n) is 4.88. The van der Waals surface area contributed by atoms with E-state index in [4.69, 9.17) is 9.47 Å². The van der Waals surface area contributed by atoms with E-state index in [9.17, 15) is 10.1 Å². The lowest BCUT2D eigenvalue weighted by Gasteiger charge is -2.38. The van der Waals surface area contributed by atoms with Crippen LogP contribution in [0.15, 0.2) is 18.2 Å². The number of carbonyl (C=O) groups is 1. The summed E-state index contributed by atoms with van der Waals surface area (Å²) in [5.74, 6) is 1.28. The molecule has 0 spiro atoms. The van der Waals surface area contributed by atoms with E-state index >= 15 is 0 Å². The SMILES string of the molecule is CCCO[C@@]1(C(=O)Nc2ccc(OCC(C)C)c(C#N)c2)CCC[C@H](C)C1. The highest BCUT2D eigenvalue weighted by atomic mass is 16.5. The lowest BCUT2D eigenvalue weighted by atomic mass is 9.78. The first-order valence-corrected chi connectivity index (χ1v) is 10.0. The number of hydrogen-bond acceptors (Lipinski definition) is 4. The van der Waals surface area contributed by atoms with Crippen LogP contribution in [-0.2, 0) is 9.53 Å². The van der Waals surface area contributed by atoms with Crippen molar-refractivity contribution in [2.75, 3.05) is 18.5 Å². The summed E-state index contributed by atoms with van der Waals surface area (Å²) in [5.41, 5.74) is 0.257. The van der Waals surface area contributed by atoms with Gasteiger partial charge in [-0.05, 0) is 55.7 Å². The molecule has 0 saturated heterocycles. The molecule has 5 nitrogen and oxygen atoms in total. The number of rotatable bonds is 8. The summed E-state index contributed by atoms with van der Waals surface area (Å²) >= 11 is 0. The minimum Gasteiger partial charge on any atom is -0.492 e. The second-order valence-corrected chi connectivity index (χ2v) is 8.03. The lowest BCUT2D eigenvalue weighted by Crippen LogP contribution is -2.48. The number of benzene rings is 1. The number of ether oxygens (including phenoxy) is 2. The maximum atomic E-state index is 13.1. The normalized spacial score (nSPS) is 22.3. The molecule has 1 N–H and O–H groups in total. The van der Waals surface area contributed by atoms with Gasteiger partial charge in [-0.25, -0.2) is 0 Å². The molecule has 5 heteroatoms. The fourth-order valence-electron chi connectivity index (χ4n) is 3.53. The van der Waals surface area contributed by atoms with Crippen LogP contribution in [0.4, 0.5) is 5.69 Å². The van der Waals surface area contributed by atoms with Gasteiger partial charge in [0.15, 0.2) is 0 Å². The molecule has 1 aliphatic carbocycles. The molecule has 2 rings (SSSR count). The van der Waals surface area contributed by atoms with Crippen molar-refractivity contribution < 1.29 is 14.3 Å². The van der Waals surface area contributed by atoms with E-state index in [0.29, 0.717) is 42.0 Å². The molecule has 1 amide bonds. The molecule has 0 unspecified atom stereocenters. The van der Waals surface area contributed by atoms with E-state index in [1.165, 1.54) is 0 Å². The Bertz CT molecular complexity index is 681. The zero-order chi connectivity index (χ0) is 19.9. The molecule has 0 radical (unpaired) electrons. The molecule has 148 valence electrons. The van der Waals surface area contributed by atoms with Gasteiger partial charge in [0, 0.05) is 12.3 Å². The molecule has 0 aliphatic heterocycles. The zero-order valence-electron chi connectivity index (χ0n) is 17.0. The minimum atomic E-state index is -0.771. The summed E-state index contributed by atoms with van der Waals surface area (Å²) in [5, 5.41) is 12.4. The Morgan fingerprint density at radius 1 is 1.44 bits per heavy atom. The van der Waals surface area contributed by atoms with Crippen LogP contribution in [0.3, 0.4) is 0 Å². The fraction of sp³-hybridized carbons (Fsp3) is 0.636. The van der Waals surface area contributed by atoms with E-state index in [0.717, 1.165) is 32.1 Å². The van der Waals surface area contributed by atoms with Gasteiger partial charge in [-0.2, -0.15) is 5.26 Å². The summed E-state index contributed by atoms with van der Waals surface area (Å²) < 4.78 is 11.8. The Kier molecular flexibility index (Phi) is 7.67. The number of nitriles is 1. The Morgan fingerprint density at radius 2 is 2.22 bits per heavy atom. The summed E-state index contributed by atoms with van der Waals surface area (Å²) in [4.78, 5) is 13.1. The quantitative estimate of drug-likeness (QED) is 0.704. The van der Waals surface area contributed by atoms with Gasteiger partial charge in [-0.1, -0.05) is 34.1 Å². The molecular formula is C22H32N2O3. The van der Waals surface area contributed by atoms with Crippen LogP contribution in [-0.4, -0.2) is 24.7 Å². The second-order valence-electron chi connectivity index (χ2n) is 8.03. The Morgan fingerprint density at radius 3 is 2.85 bits per heavy atom. The van der Waals surface area contributed by atoms with Crippen molar-refractivity contribution in [2.24, 2.45) is 11.8 Å². The van der Waals surface area contributed by atoms with Gasteiger partial charge in [0.05, 0.1) is 12.2 Å². The molecule has 0 bridgehead atoms. The topological polar surface area (TPSA) is 71.3 Å². The van der Waals surface area contributed by atoms with Gasteiger partial charge in [0.1, 0.15) is 17.4 Å². The molecule has 0 aromatic heterocycles. The average Bonchev–Trinajstić information content (AvgIpc) is 2.65. The zero-order valence-corrected chi connectivity index (χ0v) is 17.0. The standard InChI is InChI=1S/C22H32N2O3/c1-5-11-27-22(10-6-7-17(4)13-22)21(25)24-19-8-9-20(18(12-19)14-23)26-15-16(2)3/h8-9,12,16-17H,5-7,10-11,13,15H2,1-4H3,(H,24,25)/t17-,22-/m0/s1. The summed E-state index contributed by atoms with van der Waals surface area (Å²) in [6.07, 6.45) is 4.47. The molecule has 1 fully saturated rings. The van der Waals surface area contributed by atoms with Gasteiger partial charge in [-0.3, -0.25) is 4.79 Å². The van der Waals surface area contributed by atoms with Crippen LogP contribution in [0.1, 0.15) is 65.4 Å². The second kappa shape index (κ2) is 9.75. The van der Waals surface area contributed by atoms with Crippen molar-refractivity contribution in [3.63, 3.8) is 0 Å². The Hall–Kier alpha value is -2.06. The van der Waals surface area contributed by atoms with Crippen molar-refractivity contribution in [3.05, 3.63) is 23.8 Å². The van der Waals surface area contributed by atoms with Crippen LogP contribution in [0.5, 0.6) is 5.75 Å². The number of amides is 1. The molecule has 1 aromatic rings. The largest absolute Gasteiger partial charge is 0.492 e. The predicted octanol–water partition coefficient (Wildman–Crippen LogP) is 4.91. The summed E-state index contributed by atoms with van der Waals surface area (Å²) in [6.45, 7) is 9.46. The van der Waals surface area contributed by atoms with E-state index in [1.807, 2.05) is 6.92 Å². The van der Waals surface area contributed by atoms with Crippen LogP contribution in [0.25, 0.3) is 0 Å². The highest BCUT2D eigenvalue weighted by Gasteiger charge is 2.42. The molecule has 0 heterocycles. The maximum Gasteiger partial charge on any atom is 0.256 e. The molecular weight excluding hydrogens is 340 g/mol. The molecule has 1 aliphatic rings. The van der Waals surface area contributed by atoms with Crippen molar-refractivity contribution >= 4 is 11.6 Å². The van der Waals surface area contributed by atoms with Gasteiger partial charge in [0.25, 0.3) is 5.91 Å². The maximum absolute atomic E-state index is 13.1. The van der Waals surface area contributed by atoms with Crippen LogP contribution in [0.2, 0.25) is 0 Å². The first-order chi connectivity index (χ1) is 12.9. The fourth-order valence-corrected chi connectivity index (χ4v) is 3.53. The Balaban J connectivity index is 2.16. The van der Waals surface area contributed by atoms with Gasteiger partial charge in [0.2, 0.25) is 0 Å². The van der Waals surface area contributed by atoms with E-state index in [1.54, 1.807) is 18.2 Å². The lowest BCUT2D eigenvalue weighted by molar-refractivity contribution is -0.148. The highest BCUT2D eigenvalue weighted by Crippen LogP contribution is 2.36. The number of nitrogens with one attached hydrogen (secondary N) is 1. The van der Waals surface area contributed by atoms with E-state index < -0.39 is 5.60 Å². The number of carbonyl (C=O) groups excluding carboxylic acids is 1. The van der Waals surface area contributed by atoms with Gasteiger partial charge >= 0.3 is 0 Å². The van der Waals surface area contributed by atoms with E-state index in [2.05, 4.69) is 32.2 Å². The molecule has 1 saturated carbocycles. The number of hydrogen-bond donors (Lipinski definition) is 1. The summed E-state index contributed by atoms with van der Waals surface area (Å²) in [7, 11) is 0. The van der Waals surface area contributed by atoms with Crippen molar-refractivity contribution in [2.45, 2.75) is 65.4 Å². The third kappa shape index (κ3) is 5.71. The minimum absolute atomic E-state index is 0.109. The van der Waals surface area contributed by atoms with Crippen molar-refractivity contribution in [1.82, 2.24) is 0 Å². The van der Waals surface area contributed by atoms with Gasteiger partial charge < -0.3 is 14.8 Å². The highest BCUT2D eigenvalue weighted by molar-refractivity contribution is 5.97. The predicted molar refractivity (Wildman–Crippen MR) is 107 cm³/mol. The van der Waals surface area contributed by atoms with Gasteiger partial charge in [-0.15, -0.1) is 0 Å². The summed E-state index contributed by atoms with van der Waals surface area (Å²) in [6, 6.07) is 7.37. The van der Waals surface area contributed by atoms with Crippen LogP contribution < -0.4 is 10.1 Å². The first-order valence-electron chi connectivity index (χ1n) is 10.0. The first kappa shape index (κ1) is 21.2. The molecule has 2 atom stereocenters. The number of nitrogens with zero attached hydrogens (tertiary/aromatic N) is 1. The smallest absolute Gasteiger partial charge is 0.256 e. The van der Waals surface area contributed by atoms with Crippen molar-refractivity contribution in [3.8, 4) is 11.8 Å². The van der Waals surface area contributed by atoms with E-state index in [-0.39, 0.29) is 5.91 Å². The molecule has 27 heavy (non-hydrogen) atoms. The van der Waals surface area contributed by atoms with Crippen molar-refractivity contribution in [1.29, 1.82) is 5.26 Å². The Labute approximate surface area is 163 Å². The monoisotopic (exact) mass is 372 g/mol. The molecule has 1 aromatic carbocycles. The van der Waals surface area contributed by atoms with Crippen LogP contribution >= 0.6 is 0 Å². The average molecular weight is 373 g/mol. The third-order valence-corrected chi connectivity index (χ3v) is 4.88.